The first-order valence-electron chi connectivity index (χ1n) is 8.12. The van der Waals surface area contributed by atoms with Gasteiger partial charge in [-0.25, -0.2) is 17.7 Å². The minimum absolute atomic E-state index is 0.0599. The van der Waals surface area contributed by atoms with Gasteiger partial charge >= 0.3 is 0 Å². The van der Waals surface area contributed by atoms with Crippen LogP contribution in [0.4, 0.5) is 0 Å². The second-order valence-corrected chi connectivity index (χ2v) is 8.64. The van der Waals surface area contributed by atoms with Gasteiger partial charge in [0, 0.05) is 37.9 Å². The minimum atomic E-state index is -3.30. The maximum Gasteiger partial charge on any atom is 0.215 e. The minimum Gasteiger partial charge on any atom is -0.506 e. The second-order valence-electron chi connectivity index (χ2n) is 6.67. The highest BCUT2D eigenvalue weighted by atomic mass is 32.2. The molecule has 1 aromatic heterocycles. The first-order chi connectivity index (χ1) is 11.4. The normalized spacial score (nSPS) is 26.5. The van der Waals surface area contributed by atoms with Crippen molar-refractivity contribution in [1.82, 2.24) is 19.9 Å². The third-order valence-corrected chi connectivity index (χ3v) is 6.61. The van der Waals surface area contributed by atoms with Crippen molar-refractivity contribution in [3.05, 3.63) is 18.3 Å². The van der Waals surface area contributed by atoms with E-state index in [-0.39, 0.29) is 17.6 Å². The first-order valence-corrected chi connectivity index (χ1v) is 9.73. The summed E-state index contributed by atoms with van der Waals surface area (Å²) >= 11 is 0. The summed E-state index contributed by atoms with van der Waals surface area (Å²) < 4.78 is 32.6. The maximum atomic E-state index is 12.6. The molecule has 0 unspecified atom stereocenters. The van der Waals surface area contributed by atoms with E-state index in [0.717, 1.165) is 0 Å². The lowest BCUT2D eigenvalue weighted by molar-refractivity contribution is 0.129. The maximum absolute atomic E-state index is 12.6. The van der Waals surface area contributed by atoms with Crippen LogP contribution >= 0.6 is 0 Å². The van der Waals surface area contributed by atoms with E-state index in [4.69, 9.17) is 4.74 Å². The van der Waals surface area contributed by atoms with E-state index in [1.807, 2.05) is 6.92 Å². The molecule has 0 aliphatic carbocycles. The zero-order valence-corrected chi connectivity index (χ0v) is 14.6. The van der Waals surface area contributed by atoms with E-state index in [2.05, 4.69) is 15.6 Å². The van der Waals surface area contributed by atoms with Crippen LogP contribution in [-0.4, -0.2) is 66.5 Å². The number of rotatable bonds is 5. The smallest absolute Gasteiger partial charge is 0.215 e. The molecule has 2 saturated heterocycles. The van der Waals surface area contributed by atoms with Gasteiger partial charge in [-0.1, -0.05) is 0 Å². The molecule has 1 atom stereocenters. The molecule has 2 aliphatic rings. The predicted molar refractivity (Wildman–Crippen MR) is 89.3 cm³/mol. The molecule has 0 saturated carbocycles. The summed E-state index contributed by atoms with van der Waals surface area (Å²) in [4.78, 5) is 4.00. The summed E-state index contributed by atoms with van der Waals surface area (Å²) in [5.74, 6) is 0.632. The van der Waals surface area contributed by atoms with Gasteiger partial charge in [0.15, 0.2) is 0 Å². The van der Waals surface area contributed by atoms with Gasteiger partial charge in [0.2, 0.25) is 15.9 Å². The summed E-state index contributed by atoms with van der Waals surface area (Å²) in [7, 11) is -3.30. The number of hydrogen-bond acceptors (Lipinski definition) is 7. The van der Waals surface area contributed by atoms with Crippen LogP contribution in [0.25, 0.3) is 0 Å². The van der Waals surface area contributed by atoms with Crippen LogP contribution in [0.3, 0.4) is 0 Å². The SMILES string of the molecule is C[C@@]1(CS(=O)(=O)N2CCC(Oc3ccc(O)cn3)CC2)CNCN1. The third-order valence-electron chi connectivity index (χ3n) is 4.46. The summed E-state index contributed by atoms with van der Waals surface area (Å²) in [5.41, 5.74) is -0.415. The Balaban J connectivity index is 1.53. The molecule has 8 nitrogen and oxygen atoms in total. The van der Waals surface area contributed by atoms with Gasteiger partial charge in [-0.3, -0.25) is 5.32 Å². The molecule has 0 spiro atoms. The molecular weight excluding hydrogens is 332 g/mol. The Hall–Kier alpha value is -1.42. The van der Waals surface area contributed by atoms with E-state index >= 15 is 0 Å². The van der Waals surface area contributed by atoms with Crippen LogP contribution in [0.15, 0.2) is 18.3 Å². The number of aromatic hydroxyl groups is 1. The molecule has 3 heterocycles. The van der Waals surface area contributed by atoms with Gasteiger partial charge in [0.25, 0.3) is 0 Å². The number of pyridine rings is 1. The lowest BCUT2D eigenvalue weighted by Gasteiger charge is -2.33. The van der Waals surface area contributed by atoms with Crippen LogP contribution in [0, 0.1) is 0 Å². The largest absolute Gasteiger partial charge is 0.506 e. The van der Waals surface area contributed by atoms with Crippen LogP contribution in [0.5, 0.6) is 11.6 Å². The number of sulfonamides is 1. The van der Waals surface area contributed by atoms with E-state index in [9.17, 15) is 13.5 Å². The molecule has 0 aromatic carbocycles. The molecule has 2 fully saturated rings. The molecule has 0 amide bonds. The van der Waals surface area contributed by atoms with Crippen molar-refractivity contribution in [1.29, 1.82) is 0 Å². The van der Waals surface area contributed by atoms with Gasteiger partial charge < -0.3 is 15.2 Å². The Labute approximate surface area is 142 Å². The Morgan fingerprint density at radius 1 is 1.42 bits per heavy atom. The van der Waals surface area contributed by atoms with E-state index in [0.29, 0.717) is 45.0 Å². The van der Waals surface area contributed by atoms with Gasteiger partial charge in [-0.05, 0) is 25.8 Å². The average Bonchev–Trinajstić information content (AvgIpc) is 2.95. The fourth-order valence-corrected chi connectivity index (χ4v) is 5.07. The quantitative estimate of drug-likeness (QED) is 0.675. The Morgan fingerprint density at radius 2 is 2.17 bits per heavy atom. The standard InChI is InChI=1S/C15H24N4O4S/c1-15(9-16-11-18-15)10-24(21,22)19-6-4-13(5-7-19)23-14-3-2-12(20)8-17-14/h2-3,8,13,16,18,20H,4-7,9-11H2,1H3/t15-/m0/s1. The van der Waals surface area contributed by atoms with E-state index < -0.39 is 15.6 Å². The zero-order chi connectivity index (χ0) is 17.2. The van der Waals surface area contributed by atoms with Gasteiger partial charge in [0.1, 0.15) is 11.9 Å². The van der Waals surface area contributed by atoms with Crippen LogP contribution in [0.2, 0.25) is 0 Å². The summed E-state index contributed by atoms with van der Waals surface area (Å²) in [5, 5.41) is 15.6. The van der Waals surface area contributed by atoms with Gasteiger partial charge in [-0.2, -0.15) is 0 Å². The molecule has 24 heavy (non-hydrogen) atoms. The second kappa shape index (κ2) is 6.83. The molecule has 2 aliphatic heterocycles. The fourth-order valence-electron chi connectivity index (χ4n) is 3.11. The molecule has 3 rings (SSSR count). The number of hydrogen-bond donors (Lipinski definition) is 3. The highest BCUT2D eigenvalue weighted by Crippen LogP contribution is 2.22. The number of ether oxygens (including phenoxy) is 1. The lowest BCUT2D eigenvalue weighted by atomic mass is 10.1. The molecule has 3 N–H and O–H groups in total. The van der Waals surface area contributed by atoms with Crippen molar-refractivity contribution in [2.45, 2.75) is 31.4 Å². The molecule has 9 heteroatoms. The van der Waals surface area contributed by atoms with Crippen molar-refractivity contribution < 1.29 is 18.3 Å². The lowest BCUT2D eigenvalue weighted by Crippen LogP contribution is -2.51. The topological polar surface area (TPSA) is 104 Å². The summed E-state index contributed by atoms with van der Waals surface area (Å²) in [6, 6.07) is 3.13. The Kier molecular flexibility index (Phi) is 4.95. The predicted octanol–water partition coefficient (Wildman–Crippen LogP) is -0.131. The number of aromatic nitrogens is 1. The van der Waals surface area contributed by atoms with Crippen molar-refractivity contribution in [3.8, 4) is 11.6 Å². The average molecular weight is 356 g/mol. The third kappa shape index (κ3) is 4.15. The van der Waals surface area contributed by atoms with E-state index in [1.165, 1.54) is 12.3 Å². The number of nitrogens with one attached hydrogen (secondary N) is 2. The fraction of sp³-hybridized carbons (Fsp3) is 0.667. The Bertz CT molecular complexity index is 651. The van der Waals surface area contributed by atoms with Crippen molar-refractivity contribution in [2.24, 2.45) is 0 Å². The highest BCUT2D eigenvalue weighted by Gasteiger charge is 2.37. The van der Waals surface area contributed by atoms with Crippen LogP contribution in [0.1, 0.15) is 19.8 Å². The van der Waals surface area contributed by atoms with Crippen molar-refractivity contribution in [3.63, 3.8) is 0 Å². The van der Waals surface area contributed by atoms with Gasteiger partial charge in [-0.15, -0.1) is 0 Å². The molecule has 0 radical (unpaired) electrons. The molecule has 1 aromatic rings. The van der Waals surface area contributed by atoms with Gasteiger partial charge in [0.05, 0.1) is 11.9 Å². The zero-order valence-electron chi connectivity index (χ0n) is 13.7. The first kappa shape index (κ1) is 17.4. The summed E-state index contributed by atoms with van der Waals surface area (Å²) in [6.45, 7) is 4.12. The molecule has 134 valence electrons. The Morgan fingerprint density at radius 3 is 2.75 bits per heavy atom. The monoisotopic (exact) mass is 356 g/mol. The van der Waals surface area contributed by atoms with Crippen molar-refractivity contribution >= 4 is 10.0 Å². The molecular formula is C15H24N4O4S. The van der Waals surface area contributed by atoms with E-state index in [1.54, 1.807) is 10.4 Å². The summed E-state index contributed by atoms with van der Waals surface area (Å²) in [6.07, 6.45) is 2.53. The van der Waals surface area contributed by atoms with Crippen LogP contribution < -0.4 is 15.4 Å². The number of nitrogens with zero attached hydrogens (tertiary/aromatic N) is 2. The molecule has 0 bridgehead atoms. The number of piperidine rings is 1. The van der Waals surface area contributed by atoms with Crippen molar-refractivity contribution in [2.75, 3.05) is 32.1 Å². The van der Waals surface area contributed by atoms with Crippen LogP contribution in [-0.2, 0) is 10.0 Å². The highest BCUT2D eigenvalue weighted by molar-refractivity contribution is 7.89.